The third kappa shape index (κ3) is 3.17. The number of carbonyl (C=O) groups is 2. The van der Waals surface area contributed by atoms with Crippen LogP contribution in [-0.2, 0) is 16.0 Å². The Balaban J connectivity index is 1.86. The fourth-order valence-corrected chi connectivity index (χ4v) is 2.21. The number of hydrogen-bond acceptors (Lipinski definition) is 3. The normalized spacial score (nSPS) is 20.0. The molecule has 2 amide bonds. The summed E-state index contributed by atoms with van der Waals surface area (Å²) in [4.78, 5) is 24.8. The molecule has 1 N–H and O–H groups in total. The van der Waals surface area contributed by atoms with Crippen LogP contribution in [0.15, 0.2) is 30.3 Å². The van der Waals surface area contributed by atoms with E-state index >= 15 is 0 Å². The summed E-state index contributed by atoms with van der Waals surface area (Å²) in [6.45, 7) is 0.816. The van der Waals surface area contributed by atoms with E-state index in [9.17, 15) is 9.59 Å². The number of likely N-dealkylation sites (N-methyl/N-ethyl adjacent to an activating group) is 1. The molecule has 0 bridgehead atoms. The number of hydrogen-bond donors (Lipinski definition) is 1. The maximum absolute atomic E-state index is 11.7. The van der Waals surface area contributed by atoms with Gasteiger partial charge in [0.2, 0.25) is 11.8 Å². The number of benzene rings is 1. The highest BCUT2D eigenvalue weighted by molar-refractivity contribution is 6.00. The Kier molecular flexibility index (Phi) is 4.10. The number of piperidine rings is 1. The molecule has 0 radical (unpaired) electrons. The van der Waals surface area contributed by atoms with E-state index in [1.165, 1.54) is 5.56 Å². The second-order valence-electron chi connectivity index (χ2n) is 4.68. The predicted molar refractivity (Wildman–Crippen MR) is 68.9 cm³/mol. The minimum atomic E-state index is -0.175. The van der Waals surface area contributed by atoms with Gasteiger partial charge in [-0.15, -0.1) is 0 Å². The molecule has 1 saturated heterocycles. The Morgan fingerprint density at radius 3 is 2.67 bits per heavy atom. The molecule has 1 aliphatic heterocycles. The Hall–Kier alpha value is -1.68. The summed E-state index contributed by atoms with van der Waals surface area (Å²) in [5, 5.41) is 2.39. The first-order valence-electron chi connectivity index (χ1n) is 6.24. The summed E-state index contributed by atoms with van der Waals surface area (Å²) < 4.78 is 0. The van der Waals surface area contributed by atoms with Crippen molar-refractivity contribution in [1.29, 1.82) is 0 Å². The minimum Gasteiger partial charge on any atom is -0.295 e. The fraction of sp³-hybridized carbons (Fsp3) is 0.429. The Morgan fingerprint density at radius 1 is 1.28 bits per heavy atom. The minimum absolute atomic E-state index is 0.160. The van der Waals surface area contributed by atoms with Crippen molar-refractivity contribution >= 4 is 11.8 Å². The molecule has 4 heteroatoms. The number of rotatable bonds is 4. The smallest absolute Gasteiger partial charge is 0.243 e. The summed E-state index contributed by atoms with van der Waals surface area (Å²) in [5.74, 6) is -0.325. The maximum Gasteiger partial charge on any atom is 0.243 e. The molecule has 0 spiro atoms. The summed E-state index contributed by atoms with van der Waals surface area (Å²) in [5.41, 5.74) is 1.26. The molecule has 1 aliphatic rings. The molecule has 0 saturated carbocycles. The lowest BCUT2D eigenvalue weighted by Crippen LogP contribution is -2.51. The molecule has 2 rings (SSSR count). The quantitative estimate of drug-likeness (QED) is 0.805. The molecule has 1 heterocycles. The molecule has 4 nitrogen and oxygen atoms in total. The molecule has 1 unspecified atom stereocenters. The van der Waals surface area contributed by atoms with Crippen molar-refractivity contribution in [1.82, 2.24) is 10.2 Å². The highest BCUT2D eigenvalue weighted by atomic mass is 16.2. The van der Waals surface area contributed by atoms with Gasteiger partial charge in [0.05, 0.1) is 6.04 Å². The Bertz CT molecular complexity index is 431. The van der Waals surface area contributed by atoms with Crippen LogP contribution in [0.1, 0.15) is 18.4 Å². The lowest BCUT2D eigenvalue weighted by atomic mass is 10.0. The van der Waals surface area contributed by atoms with E-state index in [-0.39, 0.29) is 17.9 Å². The standard InChI is InChI=1S/C14H18N2O2/c1-16(10-9-11-5-3-2-4-6-11)12-7-8-13(17)15-14(12)18/h2-6,12H,7-10H2,1H3,(H,15,17,18). The largest absolute Gasteiger partial charge is 0.295 e. The van der Waals surface area contributed by atoms with Gasteiger partial charge in [0, 0.05) is 13.0 Å². The first kappa shape index (κ1) is 12.8. The predicted octanol–water partition coefficient (Wildman–Crippen LogP) is 0.966. The number of nitrogens with zero attached hydrogens (tertiary/aromatic N) is 1. The SMILES string of the molecule is CN(CCc1ccccc1)C1CCC(=O)NC1=O. The van der Waals surface area contributed by atoms with Crippen molar-refractivity contribution in [2.75, 3.05) is 13.6 Å². The lowest BCUT2D eigenvalue weighted by Gasteiger charge is -2.29. The molecule has 0 aromatic heterocycles. The van der Waals surface area contributed by atoms with Crippen molar-refractivity contribution in [2.24, 2.45) is 0 Å². The van der Waals surface area contributed by atoms with Crippen LogP contribution in [0.4, 0.5) is 0 Å². The van der Waals surface area contributed by atoms with E-state index in [4.69, 9.17) is 0 Å². The van der Waals surface area contributed by atoms with Crippen LogP contribution in [0, 0.1) is 0 Å². The van der Waals surface area contributed by atoms with Crippen LogP contribution < -0.4 is 5.32 Å². The molecular weight excluding hydrogens is 228 g/mol. The number of nitrogens with one attached hydrogen (secondary N) is 1. The zero-order chi connectivity index (χ0) is 13.0. The van der Waals surface area contributed by atoms with Crippen LogP contribution in [0.5, 0.6) is 0 Å². The fourth-order valence-electron chi connectivity index (χ4n) is 2.21. The average molecular weight is 246 g/mol. The van der Waals surface area contributed by atoms with Crippen LogP contribution in [-0.4, -0.2) is 36.3 Å². The second-order valence-corrected chi connectivity index (χ2v) is 4.68. The Labute approximate surface area is 107 Å². The molecule has 1 fully saturated rings. The van der Waals surface area contributed by atoms with Crippen molar-refractivity contribution < 1.29 is 9.59 Å². The molecule has 1 aromatic rings. The maximum atomic E-state index is 11.7. The molecule has 0 aliphatic carbocycles. The van der Waals surface area contributed by atoms with Crippen LogP contribution in [0.25, 0.3) is 0 Å². The van der Waals surface area contributed by atoms with Gasteiger partial charge >= 0.3 is 0 Å². The third-order valence-electron chi connectivity index (χ3n) is 3.34. The van der Waals surface area contributed by atoms with Gasteiger partial charge < -0.3 is 0 Å². The zero-order valence-electron chi connectivity index (χ0n) is 10.6. The highest BCUT2D eigenvalue weighted by Gasteiger charge is 2.29. The zero-order valence-corrected chi connectivity index (χ0v) is 10.6. The van der Waals surface area contributed by atoms with Gasteiger partial charge in [0.25, 0.3) is 0 Å². The van der Waals surface area contributed by atoms with Gasteiger partial charge in [-0.3, -0.25) is 19.8 Å². The number of amides is 2. The molecule has 1 atom stereocenters. The van der Waals surface area contributed by atoms with Gasteiger partial charge in [0.1, 0.15) is 0 Å². The van der Waals surface area contributed by atoms with E-state index < -0.39 is 0 Å². The van der Waals surface area contributed by atoms with Gasteiger partial charge in [-0.2, -0.15) is 0 Å². The van der Waals surface area contributed by atoms with E-state index in [0.29, 0.717) is 12.8 Å². The number of imide groups is 1. The third-order valence-corrected chi connectivity index (χ3v) is 3.34. The van der Waals surface area contributed by atoms with E-state index in [2.05, 4.69) is 17.4 Å². The van der Waals surface area contributed by atoms with Gasteiger partial charge in [-0.25, -0.2) is 0 Å². The topological polar surface area (TPSA) is 49.4 Å². The molecule has 18 heavy (non-hydrogen) atoms. The first-order valence-corrected chi connectivity index (χ1v) is 6.24. The van der Waals surface area contributed by atoms with Crippen LogP contribution in [0.3, 0.4) is 0 Å². The monoisotopic (exact) mass is 246 g/mol. The average Bonchev–Trinajstić information content (AvgIpc) is 2.37. The van der Waals surface area contributed by atoms with E-state index in [0.717, 1.165) is 13.0 Å². The van der Waals surface area contributed by atoms with Crippen molar-refractivity contribution in [3.8, 4) is 0 Å². The lowest BCUT2D eigenvalue weighted by molar-refractivity contribution is -0.137. The van der Waals surface area contributed by atoms with Crippen molar-refractivity contribution in [2.45, 2.75) is 25.3 Å². The molecular formula is C14H18N2O2. The van der Waals surface area contributed by atoms with Crippen LogP contribution >= 0.6 is 0 Å². The summed E-state index contributed by atoms with van der Waals surface area (Å²) in [6, 6.07) is 10.0. The van der Waals surface area contributed by atoms with Gasteiger partial charge in [-0.1, -0.05) is 30.3 Å². The summed E-state index contributed by atoms with van der Waals surface area (Å²) >= 11 is 0. The van der Waals surface area contributed by atoms with Gasteiger partial charge in [0.15, 0.2) is 0 Å². The summed E-state index contributed by atoms with van der Waals surface area (Å²) in [7, 11) is 1.93. The van der Waals surface area contributed by atoms with Crippen molar-refractivity contribution in [3.63, 3.8) is 0 Å². The summed E-state index contributed by atoms with van der Waals surface area (Å²) in [6.07, 6.45) is 1.97. The van der Waals surface area contributed by atoms with E-state index in [1.54, 1.807) is 0 Å². The molecule has 96 valence electrons. The molecule has 1 aromatic carbocycles. The van der Waals surface area contributed by atoms with E-state index in [1.807, 2.05) is 30.1 Å². The number of carbonyl (C=O) groups excluding carboxylic acids is 2. The first-order chi connectivity index (χ1) is 8.66. The van der Waals surface area contributed by atoms with Gasteiger partial charge in [-0.05, 0) is 25.5 Å². The Morgan fingerprint density at radius 2 is 2.00 bits per heavy atom. The highest BCUT2D eigenvalue weighted by Crippen LogP contribution is 2.11. The van der Waals surface area contributed by atoms with Crippen molar-refractivity contribution in [3.05, 3.63) is 35.9 Å². The van der Waals surface area contributed by atoms with Crippen LogP contribution in [0.2, 0.25) is 0 Å². The second kappa shape index (κ2) is 5.78.